The maximum Gasteiger partial charge on any atom is 0.146 e. The Morgan fingerprint density at radius 1 is 0.350 bits per heavy atom. The van der Waals surface area contributed by atoms with E-state index in [0.717, 1.165) is 46.5 Å². The minimum Gasteiger partial charge on any atom is -0.399 e. The number of benzene rings is 8. The fourth-order valence-corrected chi connectivity index (χ4v) is 9.86. The van der Waals surface area contributed by atoms with Crippen LogP contribution in [0.5, 0.6) is 0 Å². The van der Waals surface area contributed by atoms with Crippen LogP contribution in [0.3, 0.4) is 0 Å². The molecular weight excluding hydrogens is 743 g/mol. The second kappa shape index (κ2) is 14.9. The van der Waals surface area contributed by atoms with Gasteiger partial charge in [-0.2, -0.15) is 0 Å². The number of hydrogen-bond acceptors (Lipinski definition) is 4. The lowest BCUT2D eigenvalue weighted by atomic mass is 9.67. The molecule has 0 unspecified atom stereocenters. The van der Waals surface area contributed by atoms with Crippen LogP contribution < -0.4 is 22.9 Å². The predicted octanol–water partition coefficient (Wildman–Crippen LogP) is 11.8. The second-order valence-electron chi connectivity index (χ2n) is 15.7. The first-order valence-corrected chi connectivity index (χ1v) is 20.4. The number of hydrogen-bond donors (Lipinski definition) is 4. The lowest BCUT2D eigenvalue weighted by Gasteiger charge is -2.35. The Morgan fingerprint density at radius 2 is 0.617 bits per heavy atom. The molecule has 0 aromatic heterocycles. The predicted molar refractivity (Wildman–Crippen MR) is 244 cm³/mol. The van der Waals surface area contributed by atoms with E-state index in [1.54, 1.807) is 12.1 Å². The monoisotopic (exact) mass is 788 g/mol. The van der Waals surface area contributed by atoms with E-state index in [9.17, 15) is 8.78 Å². The first-order valence-electron chi connectivity index (χ1n) is 20.4. The summed E-state index contributed by atoms with van der Waals surface area (Å²) in [5, 5.41) is 0. The van der Waals surface area contributed by atoms with Crippen LogP contribution in [0.25, 0.3) is 22.3 Å². The van der Waals surface area contributed by atoms with Crippen LogP contribution in [0.15, 0.2) is 170 Å². The quantitative estimate of drug-likeness (QED) is 0.126. The number of halogens is 2. The number of rotatable bonds is 6. The van der Waals surface area contributed by atoms with Crippen molar-refractivity contribution in [1.82, 2.24) is 0 Å². The molecule has 0 aliphatic heterocycles. The average Bonchev–Trinajstić information content (AvgIpc) is 3.75. The zero-order valence-corrected chi connectivity index (χ0v) is 33.6. The van der Waals surface area contributed by atoms with Gasteiger partial charge in [0, 0.05) is 11.4 Å². The topological polar surface area (TPSA) is 104 Å². The van der Waals surface area contributed by atoms with Crippen LogP contribution in [0, 0.1) is 11.6 Å². The summed E-state index contributed by atoms with van der Waals surface area (Å²) < 4.78 is 29.2. The number of nitrogens with two attached hydrogens (primary N) is 4. The fraction of sp³-hybridized carbons (Fsp3) is 0.111. The second-order valence-corrected chi connectivity index (χ2v) is 15.7. The van der Waals surface area contributed by atoms with E-state index < -0.39 is 22.5 Å². The number of fused-ring (bicyclic) bond motifs is 6. The summed E-state index contributed by atoms with van der Waals surface area (Å²) in [5.74, 6) is -1.00. The lowest BCUT2D eigenvalue weighted by Crippen LogP contribution is -2.29. The van der Waals surface area contributed by atoms with Crippen molar-refractivity contribution in [2.24, 2.45) is 0 Å². The third kappa shape index (κ3) is 5.70. The summed E-state index contributed by atoms with van der Waals surface area (Å²) in [6, 6.07) is 56.3. The first-order chi connectivity index (χ1) is 29.1. The highest BCUT2D eigenvalue weighted by Gasteiger charge is 2.47. The van der Waals surface area contributed by atoms with Gasteiger partial charge in [-0.25, -0.2) is 8.78 Å². The molecule has 8 N–H and O–H groups in total. The molecule has 296 valence electrons. The molecule has 0 fully saturated rings. The summed E-state index contributed by atoms with van der Waals surface area (Å²) in [4.78, 5) is 0. The highest BCUT2D eigenvalue weighted by atomic mass is 19.1. The Balaban J connectivity index is 0.000000154. The van der Waals surface area contributed by atoms with E-state index in [4.69, 9.17) is 22.9 Å². The normalized spacial score (nSPS) is 13.7. The molecule has 8 aromatic carbocycles. The van der Waals surface area contributed by atoms with Gasteiger partial charge in [0.1, 0.15) is 11.6 Å². The van der Waals surface area contributed by atoms with Crippen molar-refractivity contribution >= 4 is 22.7 Å². The van der Waals surface area contributed by atoms with E-state index in [1.165, 1.54) is 56.6 Å². The van der Waals surface area contributed by atoms with Crippen LogP contribution in [0.4, 0.5) is 31.5 Å². The average molecular weight is 789 g/mol. The van der Waals surface area contributed by atoms with Gasteiger partial charge in [-0.3, -0.25) is 0 Å². The van der Waals surface area contributed by atoms with Gasteiger partial charge < -0.3 is 22.9 Å². The summed E-state index contributed by atoms with van der Waals surface area (Å²) in [6.07, 6.45) is 1.81. The van der Waals surface area contributed by atoms with Crippen molar-refractivity contribution in [3.63, 3.8) is 0 Å². The summed E-state index contributed by atoms with van der Waals surface area (Å²) in [5.41, 5.74) is 40.2. The molecule has 2 aliphatic rings. The summed E-state index contributed by atoms with van der Waals surface area (Å²) in [7, 11) is 0. The third-order valence-corrected chi connectivity index (χ3v) is 12.7. The van der Waals surface area contributed by atoms with Gasteiger partial charge in [0.05, 0.1) is 22.2 Å². The molecule has 0 amide bonds. The maximum absolute atomic E-state index is 14.6. The van der Waals surface area contributed by atoms with Crippen molar-refractivity contribution in [2.75, 3.05) is 22.9 Å². The summed E-state index contributed by atoms with van der Waals surface area (Å²) in [6.45, 7) is 4.33. The van der Waals surface area contributed by atoms with Gasteiger partial charge in [-0.1, -0.05) is 147 Å². The molecule has 0 atom stereocenters. The van der Waals surface area contributed by atoms with E-state index in [-0.39, 0.29) is 11.4 Å². The molecule has 2 aliphatic carbocycles. The molecule has 4 nitrogen and oxygen atoms in total. The van der Waals surface area contributed by atoms with Crippen molar-refractivity contribution < 1.29 is 8.78 Å². The number of anilines is 4. The molecule has 60 heavy (non-hydrogen) atoms. The van der Waals surface area contributed by atoms with Crippen LogP contribution in [0.1, 0.15) is 69.5 Å². The Morgan fingerprint density at radius 3 is 0.900 bits per heavy atom. The highest BCUT2D eigenvalue weighted by molar-refractivity contribution is 5.88. The first kappa shape index (κ1) is 38.3. The largest absolute Gasteiger partial charge is 0.399 e. The Bertz CT molecular complexity index is 2750. The zero-order chi connectivity index (χ0) is 41.8. The minimum absolute atomic E-state index is 0.0759. The Labute approximate surface area is 350 Å². The molecule has 8 aromatic rings. The van der Waals surface area contributed by atoms with Crippen LogP contribution in [-0.2, 0) is 23.7 Å². The van der Waals surface area contributed by atoms with Gasteiger partial charge in [0.25, 0.3) is 0 Å². The van der Waals surface area contributed by atoms with Gasteiger partial charge in [-0.15, -0.1) is 0 Å². The molecule has 0 radical (unpaired) electrons. The van der Waals surface area contributed by atoms with Crippen molar-refractivity contribution in [3.05, 3.63) is 237 Å². The zero-order valence-electron chi connectivity index (χ0n) is 33.6. The van der Waals surface area contributed by atoms with E-state index >= 15 is 0 Å². The van der Waals surface area contributed by atoms with Crippen LogP contribution >= 0.6 is 0 Å². The smallest absolute Gasteiger partial charge is 0.146 e. The maximum atomic E-state index is 14.6. The molecule has 10 rings (SSSR count). The Kier molecular flexibility index (Phi) is 9.51. The molecule has 6 heteroatoms. The molecule has 0 heterocycles. The highest BCUT2D eigenvalue weighted by Crippen LogP contribution is 2.58. The van der Waals surface area contributed by atoms with Crippen molar-refractivity contribution in [1.29, 1.82) is 0 Å². The Hall–Kier alpha value is -7.18. The minimum atomic E-state index is -0.879. The fourth-order valence-electron chi connectivity index (χ4n) is 9.86. The van der Waals surface area contributed by atoms with Crippen molar-refractivity contribution in [2.45, 2.75) is 37.5 Å². The van der Waals surface area contributed by atoms with Crippen LogP contribution in [-0.4, -0.2) is 0 Å². The molecule has 0 spiro atoms. The number of aryl methyl sites for hydroxylation is 2. The van der Waals surface area contributed by atoms with Gasteiger partial charge in [-0.05, 0) is 127 Å². The molecule has 0 saturated heterocycles. The SMILES string of the molecule is CCc1cc(C2(c3ccc(N)c(CC)c3)c3ccccc3-c3ccccc32)ccc1N.Nc1ccc(C2(c3ccc(N)c(F)c3)c3ccccc3-c3ccccc32)cc1F. The van der Waals surface area contributed by atoms with Crippen molar-refractivity contribution in [3.8, 4) is 22.3 Å². The molecular formula is C54H46F2N4. The number of nitrogen functional groups attached to an aromatic ring is 4. The third-order valence-electron chi connectivity index (χ3n) is 12.7. The van der Waals surface area contributed by atoms with Crippen LogP contribution in [0.2, 0.25) is 0 Å². The lowest BCUT2D eigenvalue weighted by molar-refractivity contribution is 0.618. The molecule has 0 bridgehead atoms. The van der Waals surface area contributed by atoms with E-state index in [2.05, 4.69) is 98.8 Å². The molecule has 0 saturated carbocycles. The summed E-state index contributed by atoms with van der Waals surface area (Å²) >= 11 is 0. The van der Waals surface area contributed by atoms with Gasteiger partial charge >= 0.3 is 0 Å². The van der Waals surface area contributed by atoms with Gasteiger partial charge in [0.15, 0.2) is 0 Å². The standard InChI is InChI=1S/C29H28N2.C25H18F2N2/c1-3-19-17-21(13-15-27(19)30)29(22-14-16-28(31)20(4-2)18-22)25-11-7-5-9-23(25)24-10-6-8-12-26(24)29;26-21-13-15(9-11-23(21)28)25(16-10-12-24(29)22(27)14-16)19-7-3-1-5-17(19)18-6-2-4-8-20(18)25/h5-18H,3-4,30-31H2,1-2H3;1-14H,28-29H2. The van der Waals surface area contributed by atoms with E-state index in [0.29, 0.717) is 11.1 Å². The van der Waals surface area contributed by atoms with E-state index in [1.807, 2.05) is 60.7 Å². The van der Waals surface area contributed by atoms with Gasteiger partial charge in [0.2, 0.25) is 0 Å².